The zero-order valence-corrected chi connectivity index (χ0v) is 12.2. The highest BCUT2D eigenvalue weighted by Gasteiger charge is 2.18. The van der Waals surface area contributed by atoms with Crippen LogP contribution in [0.1, 0.15) is 31.4 Å². The van der Waals surface area contributed by atoms with Crippen molar-refractivity contribution in [2.45, 2.75) is 25.9 Å². The van der Waals surface area contributed by atoms with E-state index in [1.807, 2.05) is 12.1 Å². The molecule has 1 atom stereocenters. The molecule has 0 spiro atoms. The maximum atomic E-state index is 9.63. The van der Waals surface area contributed by atoms with Crippen molar-refractivity contribution in [2.75, 3.05) is 38.6 Å². The molecule has 19 heavy (non-hydrogen) atoms. The molecule has 1 fully saturated rings. The van der Waals surface area contributed by atoms with E-state index in [1.165, 1.54) is 25.9 Å². The van der Waals surface area contributed by atoms with E-state index < -0.39 is 6.10 Å². The molecule has 4 heteroatoms. The van der Waals surface area contributed by atoms with Crippen molar-refractivity contribution in [3.63, 3.8) is 0 Å². The first-order valence-electron chi connectivity index (χ1n) is 7.10. The first-order valence-corrected chi connectivity index (χ1v) is 7.10. The predicted molar refractivity (Wildman–Crippen MR) is 78.4 cm³/mol. The second-order valence-electron chi connectivity index (χ2n) is 5.75. The Morgan fingerprint density at radius 1 is 1.47 bits per heavy atom. The van der Waals surface area contributed by atoms with E-state index in [-0.39, 0.29) is 0 Å². The minimum absolute atomic E-state index is 0.432. The fraction of sp³-hybridized carbons (Fsp3) is 0.667. The number of aromatic nitrogens is 1. The molecule has 1 aliphatic heterocycles. The van der Waals surface area contributed by atoms with E-state index in [1.54, 1.807) is 13.1 Å². The van der Waals surface area contributed by atoms with Gasteiger partial charge in [0.2, 0.25) is 0 Å². The lowest BCUT2D eigenvalue weighted by atomic mass is 9.96. The third kappa shape index (κ3) is 3.91. The highest BCUT2D eigenvalue weighted by atomic mass is 16.3. The zero-order chi connectivity index (χ0) is 13.8. The van der Waals surface area contributed by atoms with E-state index in [0.717, 1.165) is 23.8 Å². The van der Waals surface area contributed by atoms with Gasteiger partial charge in [0.25, 0.3) is 0 Å². The van der Waals surface area contributed by atoms with Gasteiger partial charge in [-0.2, -0.15) is 0 Å². The number of nitrogens with zero attached hydrogens (tertiary/aromatic N) is 3. The van der Waals surface area contributed by atoms with Crippen LogP contribution >= 0.6 is 0 Å². The van der Waals surface area contributed by atoms with Crippen LogP contribution in [-0.2, 0) is 0 Å². The Labute approximate surface area is 116 Å². The maximum Gasteiger partial charge on any atom is 0.128 e. The molecule has 1 aromatic heterocycles. The molecule has 0 saturated carbocycles. The Hall–Kier alpha value is -1.13. The van der Waals surface area contributed by atoms with E-state index in [4.69, 9.17) is 0 Å². The molecule has 106 valence electrons. The van der Waals surface area contributed by atoms with Crippen molar-refractivity contribution in [1.82, 2.24) is 9.88 Å². The molecule has 2 heterocycles. The Morgan fingerprint density at radius 2 is 2.16 bits per heavy atom. The predicted octanol–water partition coefficient (Wildman–Crippen LogP) is 1.91. The van der Waals surface area contributed by atoms with Crippen LogP contribution in [0, 0.1) is 5.92 Å². The summed E-state index contributed by atoms with van der Waals surface area (Å²) in [6.45, 7) is 5.22. The smallest absolute Gasteiger partial charge is 0.128 e. The Bertz CT molecular complexity index is 400. The summed E-state index contributed by atoms with van der Waals surface area (Å²) in [5, 5.41) is 9.63. The molecule has 0 aliphatic carbocycles. The second-order valence-corrected chi connectivity index (χ2v) is 5.75. The monoisotopic (exact) mass is 263 g/mol. The average Bonchev–Trinajstić information content (AvgIpc) is 2.41. The van der Waals surface area contributed by atoms with Gasteiger partial charge in [-0.1, -0.05) is 0 Å². The highest BCUT2D eigenvalue weighted by Crippen LogP contribution is 2.21. The van der Waals surface area contributed by atoms with E-state index >= 15 is 0 Å². The number of aliphatic hydroxyl groups excluding tert-OH is 1. The second kappa shape index (κ2) is 6.35. The summed E-state index contributed by atoms with van der Waals surface area (Å²) in [5.41, 5.74) is 0.931. The van der Waals surface area contributed by atoms with Crippen LogP contribution in [0.25, 0.3) is 0 Å². The molecule has 1 aromatic rings. The number of hydrogen-bond acceptors (Lipinski definition) is 4. The SMILES string of the molecule is C[C@H](O)c1ccnc(N(C)CC2CCN(C)CC2)c1. The number of aliphatic hydroxyl groups is 1. The first-order chi connectivity index (χ1) is 9.06. The Balaban J connectivity index is 1.95. The van der Waals surface area contributed by atoms with Crippen molar-refractivity contribution in [3.8, 4) is 0 Å². The molecule has 0 bridgehead atoms. The summed E-state index contributed by atoms with van der Waals surface area (Å²) in [6, 6.07) is 3.86. The maximum absolute atomic E-state index is 9.63. The van der Waals surface area contributed by atoms with Crippen molar-refractivity contribution < 1.29 is 5.11 Å². The van der Waals surface area contributed by atoms with Gasteiger partial charge in [-0.3, -0.25) is 0 Å². The van der Waals surface area contributed by atoms with Crippen LogP contribution in [0.3, 0.4) is 0 Å². The molecule has 1 N–H and O–H groups in total. The Morgan fingerprint density at radius 3 is 2.79 bits per heavy atom. The topological polar surface area (TPSA) is 39.6 Å². The van der Waals surface area contributed by atoms with Gasteiger partial charge in [-0.25, -0.2) is 4.98 Å². The quantitative estimate of drug-likeness (QED) is 0.901. The molecule has 1 aliphatic rings. The number of anilines is 1. The first kappa shape index (κ1) is 14.3. The van der Waals surface area contributed by atoms with Crippen molar-refractivity contribution in [2.24, 2.45) is 5.92 Å². The van der Waals surface area contributed by atoms with Gasteiger partial charge >= 0.3 is 0 Å². The lowest BCUT2D eigenvalue weighted by Crippen LogP contribution is -2.36. The van der Waals surface area contributed by atoms with Gasteiger partial charge in [0.05, 0.1) is 6.10 Å². The summed E-state index contributed by atoms with van der Waals surface area (Å²) in [6.07, 6.45) is 3.87. The van der Waals surface area contributed by atoms with Crippen LogP contribution in [0.5, 0.6) is 0 Å². The van der Waals surface area contributed by atoms with E-state index in [2.05, 4.69) is 28.9 Å². The third-order valence-electron chi connectivity index (χ3n) is 4.01. The average molecular weight is 263 g/mol. The summed E-state index contributed by atoms with van der Waals surface area (Å²) >= 11 is 0. The molecule has 0 unspecified atom stereocenters. The van der Waals surface area contributed by atoms with Crippen LogP contribution < -0.4 is 4.90 Å². The van der Waals surface area contributed by atoms with Gasteiger partial charge < -0.3 is 14.9 Å². The van der Waals surface area contributed by atoms with Crippen molar-refractivity contribution >= 4 is 5.82 Å². The van der Waals surface area contributed by atoms with Gasteiger partial charge in [0.15, 0.2) is 0 Å². The summed E-state index contributed by atoms with van der Waals surface area (Å²) < 4.78 is 0. The van der Waals surface area contributed by atoms with Gasteiger partial charge in [0.1, 0.15) is 5.82 Å². The molecular weight excluding hydrogens is 238 g/mol. The molecule has 1 saturated heterocycles. The summed E-state index contributed by atoms with van der Waals surface area (Å²) in [7, 11) is 4.28. The molecule has 4 nitrogen and oxygen atoms in total. The van der Waals surface area contributed by atoms with Gasteiger partial charge in [-0.15, -0.1) is 0 Å². The Kier molecular flexibility index (Phi) is 4.77. The lowest BCUT2D eigenvalue weighted by molar-refractivity contribution is 0.199. The largest absolute Gasteiger partial charge is 0.389 e. The van der Waals surface area contributed by atoms with Crippen LogP contribution in [0.4, 0.5) is 5.82 Å². The number of rotatable bonds is 4. The highest BCUT2D eigenvalue weighted by molar-refractivity contribution is 5.40. The minimum atomic E-state index is -0.432. The normalized spacial score (nSPS) is 19.4. The van der Waals surface area contributed by atoms with Gasteiger partial charge in [-0.05, 0) is 63.5 Å². The van der Waals surface area contributed by atoms with E-state index in [0.29, 0.717) is 0 Å². The molecule has 0 amide bonds. The number of hydrogen-bond donors (Lipinski definition) is 1. The fourth-order valence-corrected chi connectivity index (χ4v) is 2.63. The molecule has 2 rings (SSSR count). The van der Waals surface area contributed by atoms with Crippen LogP contribution in [0.15, 0.2) is 18.3 Å². The summed E-state index contributed by atoms with van der Waals surface area (Å²) in [4.78, 5) is 9.01. The molecule has 0 aromatic carbocycles. The minimum Gasteiger partial charge on any atom is -0.389 e. The number of piperidine rings is 1. The zero-order valence-electron chi connectivity index (χ0n) is 12.2. The van der Waals surface area contributed by atoms with Crippen LogP contribution in [-0.4, -0.2) is 48.7 Å². The van der Waals surface area contributed by atoms with Crippen molar-refractivity contribution in [1.29, 1.82) is 0 Å². The van der Waals surface area contributed by atoms with Crippen molar-refractivity contribution in [3.05, 3.63) is 23.9 Å². The van der Waals surface area contributed by atoms with Crippen LogP contribution in [0.2, 0.25) is 0 Å². The molecular formula is C15H25N3O. The summed E-state index contributed by atoms with van der Waals surface area (Å²) in [5.74, 6) is 1.70. The van der Waals surface area contributed by atoms with Gasteiger partial charge in [0, 0.05) is 19.8 Å². The third-order valence-corrected chi connectivity index (χ3v) is 4.01. The lowest BCUT2D eigenvalue weighted by Gasteiger charge is -2.32. The fourth-order valence-electron chi connectivity index (χ4n) is 2.63. The number of likely N-dealkylation sites (tertiary alicyclic amines) is 1. The number of pyridine rings is 1. The molecule has 0 radical (unpaired) electrons. The standard InChI is InChI=1S/C15H25N3O/c1-12(19)14-4-7-16-15(10-14)18(3)11-13-5-8-17(2)9-6-13/h4,7,10,12-13,19H,5-6,8-9,11H2,1-3H3/t12-/m0/s1. The van der Waals surface area contributed by atoms with E-state index in [9.17, 15) is 5.11 Å².